The van der Waals surface area contributed by atoms with Crippen LogP contribution >= 0.6 is 0 Å². The topological polar surface area (TPSA) is 107 Å². The van der Waals surface area contributed by atoms with Gasteiger partial charge in [0.05, 0.1) is 48.4 Å². The maximum Gasteiger partial charge on any atom is 0.251 e. The lowest BCUT2D eigenvalue weighted by atomic mass is 9.79. The minimum atomic E-state index is -0.772. The molecular formula is C31H31N7O2. The zero-order valence-corrected chi connectivity index (χ0v) is 22.7. The van der Waals surface area contributed by atoms with E-state index in [1.54, 1.807) is 18.3 Å². The van der Waals surface area contributed by atoms with Crippen LogP contribution in [0.1, 0.15) is 34.1 Å². The van der Waals surface area contributed by atoms with Crippen LogP contribution in [0.2, 0.25) is 0 Å². The van der Waals surface area contributed by atoms with Gasteiger partial charge < -0.3 is 19.9 Å². The monoisotopic (exact) mass is 533 g/mol. The second kappa shape index (κ2) is 10.6. The lowest BCUT2D eigenvalue weighted by molar-refractivity contribution is 0.0757. The third-order valence-electron chi connectivity index (χ3n) is 7.75. The van der Waals surface area contributed by atoms with E-state index >= 15 is 0 Å². The van der Waals surface area contributed by atoms with E-state index in [1.807, 2.05) is 43.3 Å². The maximum atomic E-state index is 13.0. The van der Waals surface area contributed by atoms with Gasteiger partial charge in [-0.25, -0.2) is 9.97 Å². The fourth-order valence-corrected chi connectivity index (χ4v) is 5.24. The Balaban J connectivity index is 1.18. The van der Waals surface area contributed by atoms with Crippen molar-refractivity contribution >= 4 is 22.6 Å². The molecule has 5 heterocycles. The summed E-state index contributed by atoms with van der Waals surface area (Å²) in [6.45, 7) is 6.80. The van der Waals surface area contributed by atoms with Gasteiger partial charge in [-0.05, 0) is 67.6 Å². The van der Waals surface area contributed by atoms with Crippen LogP contribution in [0.4, 0.5) is 5.82 Å². The van der Waals surface area contributed by atoms with E-state index < -0.39 is 5.41 Å². The Hall–Kier alpha value is -4.39. The molecule has 0 aliphatic carbocycles. The summed E-state index contributed by atoms with van der Waals surface area (Å²) >= 11 is 0. The van der Waals surface area contributed by atoms with Crippen molar-refractivity contribution < 1.29 is 9.53 Å². The number of nitrogens with zero attached hydrogens (tertiary/aromatic N) is 6. The molecular weight excluding hydrogens is 502 g/mol. The first-order valence-corrected chi connectivity index (χ1v) is 13.5. The molecule has 1 amide bonds. The number of ether oxygens (including phenoxy) is 1. The van der Waals surface area contributed by atoms with Gasteiger partial charge in [-0.1, -0.05) is 12.1 Å². The smallest absolute Gasteiger partial charge is 0.251 e. The number of benzene rings is 1. The third kappa shape index (κ3) is 5.11. The Morgan fingerprint density at radius 2 is 1.90 bits per heavy atom. The summed E-state index contributed by atoms with van der Waals surface area (Å²) in [4.78, 5) is 31.9. The van der Waals surface area contributed by atoms with Gasteiger partial charge in [0, 0.05) is 43.3 Å². The second-order valence-electron chi connectivity index (χ2n) is 10.7. The Morgan fingerprint density at radius 3 is 2.73 bits per heavy atom. The van der Waals surface area contributed by atoms with Crippen LogP contribution in [0.3, 0.4) is 0 Å². The average molecular weight is 534 g/mol. The van der Waals surface area contributed by atoms with Gasteiger partial charge >= 0.3 is 0 Å². The van der Waals surface area contributed by atoms with Crippen LogP contribution in [0, 0.1) is 11.3 Å². The molecule has 6 rings (SSSR count). The van der Waals surface area contributed by atoms with Crippen molar-refractivity contribution in [3.8, 4) is 17.5 Å². The van der Waals surface area contributed by atoms with Gasteiger partial charge in [0.2, 0.25) is 0 Å². The first-order valence-electron chi connectivity index (χ1n) is 13.5. The van der Waals surface area contributed by atoms with Crippen molar-refractivity contribution in [2.24, 2.45) is 0 Å². The minimum Gasteiger partial charge on any atom is -0.375 e. The molecule has 0 unspecified atom stereocenters. The molecule has 1 aromatic carbocycles. The normalized spacial score (nSPS) is 19.2. The number of hydrogen-bond donors (Lipinski definition) is 1. The van der Waals surface area contributed by atoms with E-state index in [0.717, 1.165) is 65.4 Å². The summed E-state index contributed by atoms with van der Waals surface area (Å²) < 4.78 is 5.57. The fourth-order valence-electron chi connectivity index (χ4n) is 5.24. The predicted molar refractivity (Wildman–Crippen MR) is 153 cm³/mol. The highest BCUT2D eigenvalue weighted by Crippen LogP contribution is 2.32. The number of hydrogen-bond acceptors (Lipinski definition) is 8. The number of nitrogens with one attached hydrogen (secondary N) is 1. The van der Waals surface area contributed by atoms with Crippen LogP contribution in [0.25, 0.3) is 22.3 Å². The highest BCUT2D eigenvalue weighted by Gasteiger charge is 2.33. The van der Waals surface area contributed by atoms with Gasteiger partial charge in [-0.15, -0.1) is 0 Å². The molecule has 1 atom stereocenters. The van der Waals surface area contributed by atoms with Crippen LogP contribution in [0.15, 0.2) is 60.8 Å². The molecule has 202 valence electrons. The van der Waals surface area contributed by atoms with Crippen molar-refractivity contribution in [3.05, 3.63) is 83.2 Å². The zero-order chi connectivity index (χ0) is 27.7. The lowest BCUT2D eigenvalue weighted by Crippen LogP contribution is -2.44. The van der Waals surface area contributed by atoms with Crippen molar-refractivity contribution in [2.75, 3.05) is 44.7 Å². The molecule has 2 aliphatic rings. The number of piperazine rings is 1. The van der Waals surface area contributed by atoms with Gasteiger partial charge in [0.1, 0.15) is 11.2 Å². The number of rotatable bonds is 5. The van der Waals surface area contributed by atoms with E-state index in [0.29, 0.717) is 24.5 Å². The van der Waals surface area contributed by atoms with Gasteiger partial charge in [0.25, 0.3) is 5.91 Å². The SMILES string of the molecule is CN1CCN(c2cccc(-c3ccc4cnc(CNC(=O)c5ccc6c(c5)[C@](C)(C#N)COC6)cc4n3)n2)CC1. The molecule has 0 spiro atoms. The Morgan fingerprint density at radius 1 is 1.07 bits per heavy atom. The molecule has 1 N–H and O–H groups in total. The number of anilines is 1. The number of nitriles is 1. The maximum absolute atomic E-state index is 13.0. The molecule has 1 fully saturated rings. The Bertz CT molecular complexity index is 1620. The molecule has 9 nitrogen and oxygen atoms in total. The number of amides is 1. The molecule has 0 radical (unpaired) electrons. The quantitative estimate of drug-likeness (QED) is 0.414. The summed E-state index contributed by atoms with van der Waals surface area (Å²) in [6.07, 6.45) is 1.78. The molecule has 9 heteroatoms. The highest BCUT2D eigenvalue weighted by molar-refractivity contribution is 5.94. The molecule has 0 bridgehead atoms. The molecule has 1 saturated heterocycles. The number of fused-ring (bicyclic) bond motifs is 2. The Kier molecular flexibility index (Phi) is 6.88. The number of carbonyl (C=O) groups is 1. The van der Waals surface area contributed by atoms with Crippen molar-refractivity contribution in [3.63, 3.8) is 0 Å². The van der Waals surface area contributed by atoms with E-state index in [4.69, 9.17) is 14.7 Å². The van der Waals surface area contributed by atoms with Crippen molar-refractivity contribution in [1.29, 1.82) is 5.26 Å². The van der Waals surface area contributed by atoms with Crippen molar-refractivity contribution in [2.45, 2.75) is 25.5 Å². The number of carbonyl (C=O) groups excluding carboxylic acids is 1. The van der Waals surface area contributed by atoms with E-state index in [2.05, 4.69) is 39.3 Å². The van der Waals surface area contributed by atoms with Gasteiger partial charge in [-0.3, -0.25) is 9.78 Å². The number of aromatic nitrogens is 3. The fraction of sp³-hybridized carbons (Fsp3) is 0.323. The molecule has 3 aromatic heterocycles. The van der Waals surface area contributed by atoms with E-state index in [9.17, 15) is 10.1 Å². The van der Waals surface area contributed by atoms with E-state index in [-0.39, 0.29) is 12.5 Å². The number of likely N-dealkylation sites (N-methyl/N-ethyl adjacent to an activating group) is 1. The van der Waals surface area contributed by atoms with Crippen LogP contribution in [-0.2, 0) is 23.3 Å². The molecule has 2 aliphatic heterocycles. The predicted octanol–water partition coefficient (Wildman–Crippen LogP) is 3.69. The van der Waals surface area contributed by atoms with E-state index in [1.165, 1.54) is 0 Å². The standard InChI is InChI=1S/C31H31N7O2/c1-31(19-32)20-40-18-23-7-6-21(14-25(23)31)30(39)34-17-24-15-28-22(16-33-24)8-9-27(35-28)26-4-3-5-29(36-26)38-12-10-37(2)11-13-38/h3-9,14-16H,10-13,17-18,20H2,1-2H3,(H,34,39)/t31-/m1/s1. The Labute approximate surface area is 233 Å². The molecule has 0 saturated carbocycles. The first kappa shape index (κ1) is 25.9. The van der Waals surface area contributed by atoms with Crippen LogP contribution in [-0.4, -0.2) is 65.6 Å². The minimum absolute atomic E-state index is 0.219. The first-order chi connectivity index (χ1) is 19.4. The largest absolute Gasteiger partial charge is 0.375 e. The summed E-state index contributed by atoms with van der Waals surface area (Å²) in [7, 11) is 2.14. The second-order valence-corrected chi connectivity index (χ2v) is 10.7. The highest BCUT2D eigenvalue weighted by atomic mass is 16.5. The summed E-state index contributed by atoms with van der Waals surface area (Å²) in [5, 5.41) is 13.6. The number of pyridine rings is 3. The average Bonchev–Trinajstić information content (AvgIpc) is 3.00. The summed E-state index contributed by atoms with van der Waals surface area (Å²) in [5.74, 6) is 0.749. The zero-order valence-electron chi connectivity index (χ0n) is 22.7. The van der Waals surface area contributed by atoms with Crippen molar-refractivity contribution in [1.82, 2.24) is 25.2 Å². The van der Waals surface area contributed by atoms with Gasteiger partial charge in [0.15, 0.2) is 0 Å². The van der Waals surface area contributed by atoms with Crippen LogP contribution < -0.4 is 10.2 Å². The molecule has 40 heavy (non-hydrogen) atoms. The van der Waals surface area contributed by atoms with Gasteiger partial charge in [-0.2, -0.15) is 5.26 Å². The lowest BCUT2D eigenvalue weighted by Gasteiger charge is -2.33. The molecule has 4 aromatic rings. The van der Waals surface area contributed by atoms with Crippen LogP contribution in [0.5, 0.6) is 0 Å². The summed E-state index contributed by atoms with van der Waals surface area (Å²) in [6, 6.07) is 19.7. The summed E-state index contributed by atoms with van der Waals surface area (Å²) in [5.41, 5.74) is 4.64. The third-order valence-corrected chi connectivity index (χ3v) is 7.75.